The predicted molar refractivity (Wildman–Crippen MR) is 34.8 cm³/mol. The zero-order chi connectivity index (χ0) is 7.56. The topological polar surface area (TPSA) is 58.6 Å². The molecule has 10 heavy (non-hydrogen) atoms. The molecule has 1 fully saturated rings. The second kappa shape index (κ2) is 2.98. The molecule has 0 spiro atoms. The molecule has 2 unspecified atom stereocenters. The van der Waals surface area contributed by atoms with Crippen molar-refractivity contribution in [3.8, 4) is 0 Å². The van der Waals surface area contributed by atoms with E-state index in [0.717, 1.165) is 0 Å². The third kappa shape index (κ3) is 1.68. The number of hydrogen-bond acceptors (Lipinski definition) is 3. The Balaban J connectivity index is 2.39. The van der Waals surface area contributed by atoms with Crippen LogP contribution < -0.4 is 5.32 Å². The molecule has 0 aromatic carbocycles. The minimum Gasteiger partial charge on any atom is -0.480 e. The standard InChI is InChI=1S/C6H11NO3/c1-4-2-10-3-5(7-4)6(8)9/h4-5,7H,2-3H2,1H3,(H,8,9). The van der Waals surface area contributed by atoms with Crippen molar-refractivity contribution in [3.05, 3.63) is 0 Å². The Bertz CT molecular complexity index is 137. The summed E-state index contributed by atoms with van der Waals surface area (Å²) in [4.78, 5) is 10.4. The number of carbonyl (C=O) groups is 1. The second-order valence-electron chi connectivity index (χ2n) is 2.50. The number of aliphatic carboxylic acids is 1. The van der Waals surface area contributed by atoms with Crippen LogP contribution in [0.25, 0.3) is 0 Å². The molecule has 0 saturated carbocycles. The lowest BCUT2D eigenvalue weighted by atomic mass is 10.2. The average molecular weight is 145 g/mol. The largest absolute Gasteiger partial charge is 0.480 e. The molecule has 58 valence electrons. The van der Waals surface area contributed by atoms with Gasteiger partial charge >= 0.3 is 5.97 Å². The lowest BCUT2D eigenvalue weighted by molar-refractivity contribution is -0.143. The number of morpholine rings is 1. The van der Waals surface area contributed by atoms with Crippen LogP contribution in [0.3, 0.4) is 0 Å². The third-order valence-electron chi connectivity index (χ3n) is 1.44. The molecule has 0 radical (unpaired) electrons. The molecule has 1 heterocycles. The van der Waals surface area contributed by atoms with Gasteiger partial charge in [-0.1, -0.05) is 0 Å². The smallest absolute Gasteiger partial charge is 0.323 e. The average Bonchev–Trinajstić information content (AvgIpc) is 1.88. The summed E-state index contributed by atoms with van der Waals surface area (Å²) in [6.45, 7) is 2.78. The Hall–Kier alpha value is -0.610. The lowest BCUT2D eigenvalue weighted by Crippen LogP contribution is -2.51. The summed E-state index contributed by atoms with van der Waals surface area (Å²) in [5.74, 6) is -0.841. The van der Waals surface area contributed by atoms with Gasteiger partial charge in [0.1, 0.15) is 6.04 Å². The first kappa shape index (κ1) is 7.50. The molecule has 4 nitrogen and oxygen atoms in total. The molecule has 0 amide bonds. The van der Waals surface area contributed by atoms with Crippen LogP contribution in [0.5, 0.6) is 0 Å². The van der Waals surface area contributed by atoms with Crippen LogP contribution in [0, 0.1) is 0 Å². The van der Waals surface area contributed by atoms with Gasteiger partial charge in [0.05, 0.1) is 13.2 Å². The molecule has 0 aromatic rings. The van der Waals surface area contributed by atoms with Crippen LogP contribution in [-0.4, -0.2) is 36.4 Å². The van der Waals surface area contributed by atoms with Gasteiger partial charge in [-0.25, -0.2) is 0 Å². The van der Waals surface area contributed by atoms with Crippen LogP contribution in [0.2, 0.25) is 0 Å². The van der Waals surface area contributed by atoms with E-state index in [1.807, 2.05) is 6.92 Å². The summed E-state index contributed by atoms with van der Waals surface area (Å²) in [7, 11) is 0. The first-order chi connectivity index (χ1) is 4.70. The quantitative estimate of drug-likeness (QED) is 0.519. The van der Waals surface area contributed by atoms with Crippen LogP contribution in [0.4, 0.5) is 0 Å². The van der Waals surface area contributed by atoms with Crippen LogP contribution in [-0.2, 0) is 9.53 Å². The molecule has 1 rings (SSSR count). The van der Waals surface area contributed by atoms with E-state index in [-0.39, 0.29) is 12.6 Å². The number of hydrogen-bond donors (Lipinski definition) is 2. The van der Waals surface area contributed by atoms with Gasteiger partial charge in [0.2, 0.25) is 0 Å². The van der Waals surface area contributed by atoms with E-state index in [4.69, 9.17) is 9.84 Å². The highest BCUT2D eigenvalue weighted by Gasteiger charge is 2.23. The maximum absolute atomic E-state index is 10.4. The lowest BCUT2D eigenvalue weighted by Gasteiger charge is -2.25. The summed E-state index contributed by atoms with van der Waals surface area (Å²) in [6.07, 6.45) is 0. The maximum atomic E-state index is 10.4. The fraction of sp³-hybridized carbons (Fsp3) is 0.833. The summed E-state index contributed by atoms with van der Waals surface area (Å²) < 4.78 is 5.01. The number of carboxylic acid groups (broad SMARTS) is 1. The van der Waals surface area contributed by atoms with Crippen LogP contribution in [0.15, 0.2) is 0 Å². The summed E-state index contributed by atoms with van der Waals surface area (Å²) in [6, 6.07) is -0.376. The number of carboxylic acids is 1. The van der Waals surface area contributed by atoms with E-state index in [9.17, 15) is 4.79 Å². The van der Waals surface area contributed by atoms with Gasteiger partial charge in [-0.05, 0) is 6.92 Å². The minimum atomic E-state index is -0.841. The van der Waals surface area contributed by atoms with Gasteiger partial charge in [-0.15, -0.1) is 0 Å². The maximum Gasteiger partial charge on any atom is 0.323 e. The molecule has 4 heteroatoms. The molecular formula is C6H11NO3. The Morgan fingerprint density at radius 3 is 2.80 bits per heavy atom. The molecule has 2 N–H and O–H groups in total. The zero-order valence-corrected chi connectivity index (χ0v) is 5.83. The van der Waals surface area contributed by atoms with Crippen molar-refractivity contribution in [2.24, 2.45) is 0 Å². The van der Waals surface area contributed by atoms with Crippen molar-refractivity contribution in [2.45, 2.75) is 19.0 Å². The van der Waals surface area contributed by atoms with E-state index in [1.54, 1.807) is 0 Å². The van der Waals surface area contributed by atoms with Crippen molar-refractivity contribution in [1.82, 2.24) is 5.32 Å². The Morgan fingerprint density at radius 2 is 2.40 bits per heavy atom. The Labute approximate surface area is 59.2 Å². The summed E-state index contributed by atoms with van der Waals surface area (Å²) in [5.41, 5.74) is 0. The first-order valence-electron chi connectivity index (χ1n) is 3.26. The SMILES string of the molecule is CC1COCC(C(=O)O)N1. The van der Waals surface area contributed by atoms with Gasteiger partial charge in [-0.2, -0.15) is 0 Å². The van der Waals surface area contributed by atoms with E-state index < -0.39 is 12.0 Å². The van der Waals surface area contributed by atoms with Crippen LogP contribution in [0.1, 0.15) is 6.92 Å². The molecule has 0 aromatic heterocycles. The molecule has 1 aliphatic rings. The predicted octanol–water partition coefficient (Wildman–Crippen LogP) is -0.552. The third-order valence-corrected chi connectivity index (χ3v) is 1.44. The summed E-state index contributed by atoms with van der Waals surface area (Å²) in [5, 5.41) is 11.4. The molecule has 1 saturated heterocycles. The monoisotopic (exact) mass is 145 g/mol. The molecule has 0 aliphatic carbocycles. The van der Waals surface area contributed by atoms with Gasteiger partial charge in [0, 0.05) is 6.04 Å². The van der Waals surface area contributed by atoms with Crippen molar-refractivity contribution in [1.29, 1.82) is 0 Å². The highest BCUT2D eigenvalue weighted by molar-refractivity contribution is 5.73. The Morgan fingerprint density at radius 1 is 1.70 bits per heavy atom. The second-order valence-corrected chi connectivity index (χ2v) is 2.50. The summed E-state index contributed by atoms with van der Waals surface area (Å²) >= 11 is 0. The van der Waals surface area contributed by atoms with E-state index in [0.29, 0.717) is 6.61 Å². The van der Waals surface area contributed by atoms with Crippen LogP contribution >= 0.6 is 0 Å². The van der Waals surface area contributed by atoms with Crippen molar-refractivity contribution >= 4 is 5.97 Å². The zero-order valence-electron chi connectivity index (χ0n) is 5.83. The van der Waals surface area contributed by atoms with Crippen molar-refractivity contribution < 1.29 is 14.6 Å². The van der Waals surface area contributed by atoms with E-state index in [1.165, 1.54) is 0 Å². The van der Waals surface area contributed by atoms with Gasteiger partial charge in [-0.3, -0.25) is 10.1 Å². The van der Waals surface area contributed by atoms with Gasteiger partial charge in [0.15, 0.2) is 0 Å². The number of rotatable bonds is 1. The van der Waals surface area contributed by atoms with Gasteiger partial charge in [0.25, 0.3) is 0 Å². The molecule has 2 atom stereocenters. The highest BCUT2D eigenvalue weighted by Crippen LogP contribution is 1.98. The number of ether oxygens (including phenoxy) is 1. The fourth-order valence-electron chi connectivity index (χ4n) is 0.945. The molecular weight excluding hydrogens is 134 g/mol. The number of nitrogens with one attached hydrogen (secondary N) is 1. The first-order valence-corrected chi connectivity index (χ1v) is 3.26. The van der Waals surface area contributed by atoms with Gasteiger partial charge < -0.3 is 9.84 Å². The molecule has 1 aliphatic heterocycles. The minimum absolute atomic E-state index is 0.148. The molecule has 0 bridgehead atoms. The Kier molecular flexibility index (Phi) is 2.24. The van der Waals surface area contributed by atoms with E-state index in [2.05, 4.69) is 5.32 Å². The highest BCUT2D eigenvalue weighted by atomic mass is 16.5. The van der Waals surface area contributed by atoms with Crippen molar-refractivity contribution in [2.75, 3.05) is 13.2 Å². The van der Waals surface area contributed by atoms with E-state index >= 15 is 0 Å². The fourth-order valence-corrected chi connectivity index (χ4v) is 0.945. The normalized spacial score (nSPS) is 33.7. The van der Waals surface area contributed by atoms with Crippen molar-refractivity contribution in [3.63, 3.8) is 0 Å².